The molecular formula is C17H21NS. The van der Waals surface area contributed by atoms with Crippen LogP contribution in [0.1, 0.15) is 27.5 Å². The fourth-order valence-corrected chi connectivity index (χ4v) is 3.21. The van der Waals surface area contributed by atoms with E-state index in [1.807, 2.05) is 11.8 Å². The van der Waals surface area contributed by atoms with Crippen molar-refractivity contribution >= 4 is 11.8 Å². The maximum absolute atomic E-state index is 5.95. The molecule has 2 rings (SSSR count). The highest BCUT2D eigenvalue weighted by molar-refractivity contribution is 7.99. The third-order valence-electron chi connectivity index (χ3n) is 3.26. The van der Waals surface area contributed by atoms with E-state index in [0.29, 0.717) is 11.8 Å². The van der Waals surface area contributed by atoms with Crippen molar-refractivity contribution in [1.29, 1.82) is 0 Å². The molecule has 0 amide bonds. The van der Waals surface area contributed by atoms with Gasteiger partial charge in [0, 0.05) is 16.7 Å². The van der Waals surface area contributed by atoms with E-state index in [-0.39, 0.29) is 0 Å². The van der Waals surface area contributed by atoms with Gasteiger partial charge in [-0.05, 0) is 38.0 Å². The van der Waals surface area contributed by atoms with Crippen molar-refractivity contribution in [2.24, 2.45) is 5.73 Å². The Morgan fingerprint density at radius 1 is 0.947 bits per heavy atom. The molecule has 2 aromatic carbocycles. The maximum Gasteiger partial charge on any atom is 0.0466 e. The van der Waals surface area contributed by atoms with E-state index in [9.17, 15) is 0 Å². The largest absolute Gasteiger partial charge is 0.329 e. The zero-order chi connectivity index (χ0) is 13.8. The van der Waals surface area contributed by atoms with Crippen LogP contribution < -0.4 is 5.73 Å². The zero-order valence-corrected chi connectivity index (χ0v) is 12.6. The molecule has 1 atom stereocenters. The van der Waals surface area contributed by atoms with Gasteiger partial charge in [-0.1, -0.05) is 47.5 Å². The van der Waals surface area contributed by atoms with E-state index in [1.165, 1.54) is 27.1 Å². The van der Waals surface area contributed by atoms with Crippen molar-refractivity contribution in [2.75, 3.05) is 6.54 Å². The minimum Gasteiger partial charge on any atom is -0.329 e. The first-order valence-electron chi connectivity index (χ1n) is 6.60. The predicted molar refractivity (Wildman–Crippen MR) is 84.7 cm³/mol. The smallest absolute Gasteiger partial charge is 0.0466 e. The van der Waals surface area contributed by atoms with Crippen LogP contribution in [-0.4, -0.2) is 6.54 Å². The number of thioether (sulfide) groups is 1. The van der Waals surface area contributed by atoms with Crippen LogP contribution >= 0.6 is 11.8 Å². The molecule has 0 aromatic heterocycles. The van der Waals surface area contributed by atoms with Crippen molar-refractivity contribution < 1.29 is 0 Å². The van der Waals surface area contributed by atoms with E-state index in [1.54, 1.807) is 0 Å². The van der Waals surface area contributed by atoms with Gasteiger partial charge in [-0.15, -0.1) is 11.8 Å². The second kappa shape index (κ2) is 6.27. The lowest BCUT2D eigenvalue weighted by atomic mass is 10.1. The molecule has 2 N–H and O–H groups in total. The summed E-state index contributed by atoms with van der Waals surface area (Å²) in [7, 11) is 0. The molecule has 0 saturated heterocycles. The van der Waals surface area contributed by atoms with Gasteiger partial charge in [0.25, 0.3) is 0 Å². The van der Waals surface area contributed by atoms with Gasteiger partial charge in [-0.2, -0.15) is 0 Å². The van der Waals surface area contributed by atoms with E-state index in [0.717, 1.165) is 0 Å². The van der Waals surface area contributed by atoms with Crippen LogP contribution in [0.2, 0.25) is 0 Å². The molecule has 0 bridgehead atoms. The van der Waals surface area contributed by atoms with Crippen molar-refractivity contribution in [1.82, 2.24) is 0 Å². The quantitative estimate of drug-likeness (QED) is 0.834. The van der Waals surface area contributed by atoms with Gasteiger partial charge in [0.1, 0.15) is 0 Å². The van der Waals surface area contributed by atoms with Crippen molar-refractivity contribution in [3.05, 3.63) is 64.7 Å². The standard InChI is InChI=1S/C17H21NS/c1-12-4-7-15(8-5-12)17(11-18)19-16-9-6-13(2)10-14(16)3/h4-10,17H,11,18H2,1-3H3. The predicted octanol–water partition coefficient (Wildman–Crippen LogP) is 4.40. The van der Waals surface area contributed by atoms with Gasteiger partial charge in [0.05, 0.1) is 0 Å². The molecule has 100 valence electrons. The minimum atomic E-state index is 0.321. The fourth-order valence-electron chi connectivity index (χ4n) is 2.12. The molecule has 2 heteroatoms. The number of benzene rings is 2. The first-order valence-corrected chi connectivity index (χ1v) is 7.48. The average molecular weight is 271 g/mol. The normalized spacial score (nSPS) is 12.4. The molecule has 0 spiro atoms. The average Bonchev–Trinajstić information content (AvgIpc) is 2.39. The van der Waals surface area contributed by atoms with Crippen LogP contribution in [-0.2, 0) is 0 Å². The summed E-state index contributed by atoms with van der Waals surface area (Å²) in [6.45, 7) is 7.05. The first-order chi connectivity index (χ1) is 9.10. The Kier molecular flexibility index (Phi) is 4.67. The lowest BCUT2D eigenvalue weighted by Gasteiger charge is -2.17. The molecule has 0 fully saturated rings. The highest BCUT2D eigenvalue weighted by Gasteiger charge is 2.12. The van der Waals surface area contributed by atoms with Crippen molar-refractivity contribution in [3.63, 3.8) is 0 Å². The van der Waals surface area contributed by atoms with Crippen LogP contribution in [0.5, 0.6) is 0 Å². The molecule has 1 unspecified atom stereocenters. The number of hydrogen-bond donors (Lipinski definition) is 1. The monoisotopic (exact) mass is 271 g/mol. The van der Waals surface area contributed by atoms with Crippen LogP contribution in [0.15, 0.2) is 47.4 Å². The van der Waals surface area contributed by atoms with Crippen LogP contribution in [0.3, 0.4) is 0 Å². The van der Waals surface area contributed by atoms with Crippen LogP contribution in [0.25, 0.3) is 0 Å². The Morgan fingerprint density at radius 3 is 2.16 bits per heavy atom. The molecule has 0 aliphatic heterocycles. The summed E-state index contributed by atoms with van der Waals surface area (Å²) in [6.07, 6.45) is 0. The Bertz CT molecular complexity index is 546. The van der Waals surface area contributed by atoms with Gasteiger partial charge >= 0.3 is 0 Å². The lowest BCUT2D eigenvalue weighted by molar-refractivity contribution is 0.939. The van der Waals surface area contributed by atoms with Gasteiger partial charge < -0.3 is 5.73 Å². The second-order valence-corrected chi connectivity index (χ2v) is 6.27. The van der Waals surface area contributed by atoms with Crippen LogP contribution in [0, 0.1) is 20.8 Å². The Labute approximate surface area is 120 Å². The summed E-state index contributed by atoms with van der Waals surface area (Å²) < 4.78 is 0. The first kappa shape index (κ1) is 14.2. The SMILES string of the molecule is Cc1ccc(C(CN)Sc2ccc(C)cc2C)cc1. The summed E-state index contributed by atoms with van der Waals surface area (Å²) in [5.41, 5.74) is 11.2. The third-order valence-corrected chi connectivity index (χ3v) is 4.72. The fraction of sp³-hybridized carbons (Fsp3) is 0.294. The molecule has 0 aliphatic rings. The topological polar surface area (TPSA) is 26.0 Å². The zero-order valence-electron chi connectivity index (χ0n) is 11.8. The van der Waals surface area contributed by atoms with Gasteiger partial charge in [-0.3, -0.25) is 0 Å². The van der Waals surface area contributed by atoms with Crippen molar-refractivity contribution in [3.8, 4) is 0 Å². The van der Waals surface area contributed by atoms with E-state index < -0.39 is 0 Å². The van der Waals surface area contributed by atoms with E-state index >= 15 is 0 Å². The Morgan fingerprint density at radius 2 is 1.58 bits per heavy atom. The molecule has 19 heavy (non-hydrogen) atoms. The molecule has 2 aromatic rings. The minimum absolute atomic E-state index is 0.321. The van der Waals surface area contributed by atoms with E-state index in [4.69, 9.17) is 5.73 Å². The molecule has 0 radical (unpaired) electrons. The molecule has 1 nitrogen and oxygen atoms in total. The summed E-state index contributed by atoms with van der Waals surface area (Å²) in [5, 5.41) is 0.321. The Balaban J connectivity index is 2.21. The van der Waals surface area contributed by atoms with Gasteiger partial charge in [-0.25, -0.2) is 0 Å². The summed E-state index contributed by atoms with van der Waals surface area (Å²) in [4.78, 5) is 1.32. The third kappa shape index (κ3) is 3.62. The molecule has 0 saturated carbocycles. The summed E-state index contributed by atoms with van der Waals surface area (Å²) >= 11 is 1.86. The van der Waals surface area contributed by atoms with Gasteiger partial charge in [0.2, 0.25) is 0 Å². The number of hydrogen-bond acceptors (Lipinski definition) is 2. The number of rotatable bonds is 4. The summed E-state index contributed by atoms with van der Waals surface area (Å²) in [5.74, 6) is 0. The highest BCUT2D eigenvalue weighted by Crippen LogP contribution is 2.36. The maximum atomic E-state index is 5.95. The number of nitrogens with two attached hydrogens (primary N) is 1. The van der Waals surface area contributed by atoms with Crippen LogP contribution in [0.4, 0.5) is 0 Å². The Hall–Kier alpha value is -1.25. The lowest BCUT2D eigenvalue weighted by Crippen LogP contribution is -2.09. The molecule has 0 heterocycles. The number of aryl methyl sites for hydroxylation is 3. The molecular weight excluding hydrogens is 250 g/mol. The molecule has 0 aliphatic carbocycles. The second-order valence-electron chi connectivity index (χ2n) is 5.02. The highest BCUT2D eigenvalue weighted by atomic mass is 32.2. The summed E-state index contributed by atoms with van der Waals surface area (Å²) in [6, 6.07) is 15.3. The van der Waals surface area contributed by atoms with Crippen molar-refractivity contribution in [2.45, 2.75) is 30.9 Å². The van der Waals surface area contributed by atoms with Gasteiger partial charge in [0.15, 0.2) is 0 Å². The van der Waals surface area contributed by atoms with E-state index in [2.05, 4.69) is 63.2 Å².